The van der Waals surface area contributed by atoms with Gasteiger partial charge in [-0.2, -0.15) is 0 Å². The number of rotatable bonds is 2. The van der Waals surface area contributed by atoms with Crippen LogP contribution in [-0.4, -0.2) is 29.0 Å². The number of ether oxygens (including phenoxy) is 1. The molecule has 3 heteroatoms. The lowest BCUT2D eigenvalue weighted by molar-refractivity contribution is -0.0225. The Hall–Kier alpha value is -1.68. The molecule has 4 rings (SSSR count). The Morgan fingerprint density at radius 3 is 2.67 bits per heavy atom. The summed E-state index contributed by atoms with van der Waals surface area (Å²) in [5, 5.41) is 19.1. The molecule has 2 N–H and O–H groups in total. The number of aliphatic hydroxyl groups excluding tert-OH is 2. The van der Waals surface area contributed by atoms with Crippen molar-refractivity contribution in [2.24, 2.45) is 0 Å². The van der Waals surface area contributed by atoms with E-state index in [0.29, 0.717) is 6.42 Å². The summed E-state index contributed by atoms with van der Waals surface area (Å²) in [6.45, 7) is -0.131. The number of fused-ring (bicyclic) bond motifs is 3. The Bertz CT molecular complexity index is 680. The summed E-state index contributed by atoms with van der Waals surface area (Å²) >= 11 is 0. The van der Waals surface area contributed by atoms with Crippen LogP contribution in [0.4, 0.5) is 0 Å². The van der Waals surface area contributed by atoms with Crippen molar-refractivity contribution in [1.82, 2.24) is 0 Å². The molecule has 0 aromatic heterocycles. The van der Waals surface area contributed by atoms with Crippen LogP contribution >= 0.6 is 0 Å². The molecule has 108 valence electrons. The Labute approximate surface area is 123 Å². The Morgan fingerprint density at radius 2 is 1.86 bits per heavy atom. The molecule has 1 heterocycles. The van der Waals surface area contributed by atoms with Gasteiger partial charge in [-0.3, -0.25) is 0 Å². The molecule has 2 aliphatic rings. The van der Waals surface area contributed by atoms with Crippen molar-refractivity contribution in [3.63, 3.8) is 0 Å². The third-order valence-electron chi connectivity index (χ3n) is 4.59. The van der Waals surface area contributed by atoms with Gasteiger partial charge in [0.2, 0.25) is 0 Å². The first-order chi connectivity index (χ1) is 10.3. The van der Waals surface area contributed by atoms with E-state index < -0.39 is 12.2 Å². The predicted molar refractivity (Wildman–Crippen MR) is 80.0 cm³/mol. The van der Waals surface area contributed by atoms with Gasteiger partial charge in [0.25, 0.3) is 0 Å². The molecule has 3 atom stereocenters. The zero-order valence-corrected chi connectivity index (χ0v) is 11.7. The van der Waals surface area contributed by atoms with Crippen molar-refractivity contribution in [2.45, 2.75) is 31.2 Å². The largest absolute Gasteiger partial charge is 0.394 e. The van der Waals surface area contributed by atoms with Crippen LogP contribution in [0, 0.1) is 0 Å². The highest BCUT2D eigenvalue weighted by molar-refractivity contribution is 5.76. The fourth-order valence-corrected chi connectivity index (χ4v) is 3.47. The summed E-state index contributed by atoms with van der Waals surface area (Å²) in [6.07, 6.45) is 0.353. The Balaban J connectivity index is 1.65. The van der Waals surface area contributed by atoms with Crippen molar-refractivity contribution in [3.8, 4) is 11.1 Å². The second-order valence-electron chi connectivity index (χ2n) is 5.90. The Kier molecular flexibility index (Phi) is 3.07. The van der Waals surface area contributed by atoms with Crippen LogP contribution in [0.2, 0.25) is 0 Å². The second-order valence-corrected chi connectivity index (χ2v) is 5.90. The minimum atomic E-state index is -0.578. The molecule has 0 spiro atoms. The molecule has 1 aliphatic heterocycles. The highest BCUT2D eigenvalue weighted by Crippen LogP contribution is 2.40. The molecule has 3 nitrogen and oxygen atoms in total. The second kappa shape index (κ2) is 4.95. The minimum Gasteiger partial charge on any atom is -0.394 e. The third kappa shape index (κ3) is 2.09. The van der Waals surface area contributed by atoms with Gasteiger partial charge in [0, 0.05) is 6.42 Å². The number of aliphatic hydroxyl groups is 2. The SMILES string of the molecule is OC[C@H]1O[C@@H](c2ccc3c(c2)Cc2ccccc2-3)C[C@@H]1O. The van der Waals surface area contributed by atoms with Crippen LogP contribution in [0.3, 0.4) is 0 Å². The van der Waals surface area contributed by atoms with E-state index in [9.17, 15) is 10.2 Å². The van der Waals surface area contributed by atoms with Crippen molar-refractivity contribution in [1.29, 1.82) is 0 Å². The van der Waals surface area contributed by atoms with Crippen molar-refractivity contribution >= 4 is 0 Å². The first kappa shape index (κ1) is 13.0. The standard InChI is InChI=1S/C18H18O3/c19-10-18-16(20)9-17(21-18)12-5-6-15-13(8-12)7-11-3-1-2-4-14(11)15/h1-6,8,16-20H,7,9-10H2/t16-,17+,18+/m0/s1. The van der Waals surface area contributed by atoms with Crippen molar-refractivity contribution in [3.05, 3.63) is 59.2 Å². The van der Waals surface area contributed by atoms with Crippen LogP contribution in [0.15, 0.2) is 42.5 Å². The van der Waals surface area contributed by atoms with Crippen LogP contribution in [0.5, 0.6) is 0 Å². The average molecular weight is 282 g/mol. The first-order valence-electron chi connectivity index (χ1n) is 7.42. The maximum absolute atomic E-state index is 9.87. The predicted octanol–water partition coefficient (Wildman–Crippen LogP) is 2.44. The smallest absolute Gasteiger partial charge is 0.107 e. The van der Waals surface area contributed by atoms with Gasteiger partial charge >= 0.3 is 0 Å². The van der Waals surface area contributed by atoms with Crippen LogP contribution in [-0.2, 0) is 11.2 Å². The molecule has 0 unspecified atom stereocenters. The normalized spacial score (nSPS) is 26.7. The van der Waals surface area contributed by atoms with E-state index in [2.05, 4.69) is 42.5 Å². The van der Waals surface area contributed by atoms with E-state index in [1.807, 2.05) is 0 Å². The van der Waals surface area contributed by atoms with Gasteiger partial charge in [-0.25, -0.2) is 0 Å². The molecule has 0 radical (unpaired) electrons. The summed E-state index contributed by atoms with van der Waals surface area (Å²) in [7, 11) is 0. The number of benzene rings is 2. The van der Waals surface area contributed by atoms with Gasteiger partial charge < -0.3 is 14.9 Å². The van der Waals surface area contributed by atoms with Gasteiger partial charge in [0.05, 0.1) is 18.8 Å². The van der Waals surface area contributed by atoms with E-state index in [-0.39, 0.29) is 12.7 Å². The fourth-order valence-electron chi connectivity index (χ4n) is 3.47. The molecule has 1 aliphatic carbocycles. The molecule has 21 heavy (non-hydrogen) atoms. The monoisotopic (exact) mass is 282 g/mol. The Morgan fingerprint density at radius 1 is 1.05 bits per heavy atom. The van der Waals surface area contributed by atoms with E-state index in [0.717, 1.165) is 12.0 Å². The van der Waals surface area contributed by atoms with Gasteiger partial charge in [-0.1, -0.05) is 42.5 Å². The molecule has 0 amide bonds. The van der Waals surface area contributed by atoms with Crippen molar-refractivity contribution < 1.29 is 14.9 Å². The molecule has 2 aromatic carbocycles. The molecular weight excluding hydrogens is 264 g/mol. The van der Waals surface area contributed by atoms with Crippen LogP contribution < -0.4 is 0 Å². The molecule has 0 bridgehead atoms. The van der Waals surface area contributed by atoms with E-state index in [1.165, 1.54) is 22.3 Å². The third-order valence-corrected chi connectivity index (χ3v) is 4.59. The zero-order valence-electron chi connectivity index (χ0n) is 11.7. The molecular formula is C18H18O3. The first-order valence-corrected chi connectivity index (χ1v) is 7.42. The zero-order chi connectivity index (χ0) is 14.4. The van der Waals surface area contributed by atoms with E-state index in [1.54, 1.807) is 0 Å². The van der Waals surface area contributed by atoms with Crippen LogP contribution in [0.25, 0.3) is 11.1 Å². The summed E-state index contributed by atoms with van der Waals surface area (Å²) in [5.41, 5.74) is 6.40. The molecule has 1 saturated heterocycles. The van der Waals surface area contributed by atoms with Gasteiger partial charge in [-0.15, -0.1) is 0 Å². The molecule has 0 saturated carbocycles. The number of hydrogen-bond donors (Lipinski definition) is 2. The summed E-state index contributed by atoms with van der Waals surface area (Å²) in [6, 6.07) is 14.9. The van der Waals surface area contributed by atoms with Crippen molar-refractivity contribution in [2.75, 3.05) is 6.61 Å². The van der Waals surface area contributed by atoms with Crippen LogP contribution in [0.1, 0.15) is 29.2 Å². The van der Waals surface area contributed by atoms with E-state index in [4.69, 9.17) is 4.74 Å². The minimum absolute atomic E-state index is 0.119. The lowest BCUT2D eigenvalue weighted by Crippen LogP contribution is -2.24. The summed E-state index contributed by atoms with van der Waals surface area (Å²) < 4.78 is 5.75. The number of hydrogen-bond acceptors (Lipinski definition) is 3. The summed E-state index contributed by atoms with van der Waals surface area (Å²) in [4.78, 5) is 0. The lowest BCUT2D eigenvalue weighted by atomic mass is 9.99. The van der Waals surface area contributed by atoms with Gasteiger partial charge in [0.1, 0.15) is 6.10 Å². The fraction of sp³-hybridized carbons (Fsp3) is 0.333. The van der Waals surface area contributed by atoms with E-state index >= 15 is 0 Å². The molecule has 1 fully saturated rings. The lowest BCUT2D eigenvalue weighted by Gasteiger charge is -2.13. The van der Waals surface area contributed by atoms with Gasteiger partial charge in [0.15, 0.2) is 0 Å². The maximum Gasteiger partial charge on any atom is 0.107 e. The molecule has 2 aromatic rings. The highest BCUT2D eigenvalue weighted by atomic mass is 16.5. The average Bonchev–Trinajstić information content (AvgIpc) is 3.06. The topological polar surface area (TPSA) is 49.7 Å². The summed E-state index contributed by atoms with van der Waals surface area (Å²) in [5.74, 6) is 0. The quantitative estimate of drug-likeness (QED) is 0.759. The highest BCUT2D eigenvalue weighted by Gasteiger charge is 2.34. The van der Waals surface area contributed by atoms with Gasteiger partial charge in [-0.05, 0) is 34.2 Å². The maximum atomic E-state index is 9.87.